The fourth-order valence-electron chi connectivity index (χ4n) is 3.07. The van der Waals surface area contributed by atoms with Crippen molar-refractivity contribution in [2.24, 2.45) is 0 Å². The Labute approximate surface area is 202 Å². The number of hydrogen-bond donors (Lipinski definition) is 2. The van der Waals surface area contributed by atoms with Crippen molar-refractivity contribution in [3.8, 4) is 10.6 Å². The third kappa shape index (κ3) is 6.82. The molecule has 0 aliphatic rings. The molecule has 0 spiro atoms. The Morgan fingerprint density at radius 3 is 2.62 bits per heavy atom. The second-order valence-corrected chi connectivity index (χ2v) is 9.59. The average molecular weight is 488 g/mol. The number of aryl methyl sites for hydroxylation is 1. The zero-order valence-electron chi connectivity index (χ0n) is 18.1. The van der Waals surface area contributed by atoms with E-state index in [1.165, 1.54) is 5.56 Å². The number of nitrogens with one attached hydrogen (secondary N) is 2. The lowest BCUT2D eigenvalue weighted by Crippen LogP contribution is -2.47. The van der Waals surface area contributed by atoms with E-state index in [-0.39, 0.29) is 11.8 Å². The van der Waals surface area contributed by atoms with E-state index in [0.29, 0.717) is 30.0 Å². The van der Waals surface area contributed by atoms with E-state index in [0.717, 1.165) is 22.0 Å². The Morgan fingerprint density at radius 1 is 1.16 bits per heavy atom. The first-order valence-electron chi connectivity index (χ1n) is 10.3. The molecule has 0 fully saturated rings. The number of thioether (sulfide) groups is 1. The van der Waals surface area contributed by atoms with Gasteiger partial charge in [-0.05, 0) is 37.5 Å². The second-order valence-electron chi connectivity index (χ2n) is 7.34. The molecule has 2 N–H and O–H groups in total. The Bertz CT molecular complexity index is 1050. The lowest BCUT2D eigenvalue weighted by atomic mass is 10.1. The van der Waals surface area contributed by atoms with Crippen LogP contribution in [0.2, 0.25) is 5.02 Å². The van der Waals surface area contributed by atoms with Crippen molar-refractivity contribution in [3.63, 3.8) is 0 Å². The zero-order chi connectivity index (χ0) is 22.9. The topological polar surface area (TPSA) is 71.1 Å². The number of halogens is 1. The highest BCUT2D eigenvalue weighted by molar-refractivity contribution is 7.98. The fourth-order valence-corrected chi connectivity index (χ4v) is 4.63. The molecule has 2 aromatic carbocycles. The molecule has 0 bridgehead atoms. The quantitative estimate of drug-likeness (QED) is 0.423. The number of benzene rings is 2. The Hall–Kier alpha value is -2.35. The first-order chi connectivity index (χ1) is 15.5. The zero-order valence-corrected chi connectivity index (χ0v) is 20.4. The lowest BCUT2D eigenvalue weighted by Gasteiger charge is -2.18. The van der Waals surface area contributed by atoms with E-state index < -0.39 is 6.04 Å². The van der Waals surface area contributed by atoms with Gasteiger partial charge < -0.3 is 10.6 Å². The summed E-state index contributed by atoms with van der Waals surface area (Å²) in [6.45, 7) is 2.51. The summed E-state index contributed by atoms with van der Waals surface area (Å²) in [5.74, 6) is 0.208. The SMILES string of the molecule is CSCCC(NC(=O)c1ccccc1Cl)C(=O)NCCc1csc(-c2ccc(C)cc2)n1. The smallest absolute Gasteiger partial charge is 0.253 e. The van der Waals surface area contributed by atoms with E-state index in [4.69, 9.17) is 11.6 Å². The summed E-state index contributed by atoms with van der Waals surface area (Å²) < 4.78 is 0. The third-order valence-corrected chi connectivity index (χ3v) is 6.80. The number of carbonyl (C=O) groups is 2. The van der Waals surface area contributed by atoms with Crippen LogP contribution in [0.1, 0.15) is 28.0 Å². The average Bonchev–Trinajstić information content (AvgIpc) is 3.26. The van der Waals surface area contributed by atoms with E-state index >= 15 is 0 Å². The molecule has 0 aliphatic carbocycles. The van der Waals surface area contributed by atoms with Gasteiger partial charge in [0.05, 0.1) is 16.3 Å². The Morgan fingerprint density at radius 2 is 1.91 bits per heavy atom. The van der Waals surface area contributed by atoms with Crippen LogP contribution >= 0.6 is 34.7 Å². The summed E-state index contributed by atoms with van der Waals surface area (Å²) in [6.07, 6.45) is 3.14. The Kier molecular flexibility index (Phi) is 9.14. The van der Waals surface area contributed by atoms with Crippen LogP contribution in [0.25, 0.3) is 10.6 Å². The van der Waals surface area contributed by atoms with E-state index in [1.807, 2.05) is 11.6 Å². The molecule has 1 unspecified atom stereocenters. The van der Waals surface area contributed by atoms with Gasteiger partial charge in [0.1, 0.15) is 11.0 Å². The monoisotopic (exact) mass is 487 g/mol. The second kappa shape index (κ2) is 12.0. The molecule has 2 amide bonds. The molecule has 3 aromatic rings. The summed E-state index contributed by atoms with van der Waals surface area (Å²) in [5.41, 5.74) is 3.61. The summed E-state index contributed by atoms with van der Waals surface area (Å²) in [5, 5.41) is 9.11. The van der Waals surface area contributed by atoms with Crippen LogP contribution in [-0.4, -0.2) is 41.4 Å². The van der Waals surface area contributed by atoms with Crippen LogP contribution in [0.5, 0.6) is 0 Å². The van der Waals surface area contributed by atoms with Crippen molar-refractivity contribution >= 4 is 46.5 Å². The highest BCUT2D eigenvalue weighted by Crippen LogP contribution is 2.24. The molecule has 5 nitrogen and oxygen atoms in total. The summed E-state index contributed by atoms with van der Waals surface area (Å²) >= 11 is 9.35. The predicted octanol–water partition coefficient (Wildman–Crippen LogP) is 4.98. The molecule has 3 rings (SSSR count). The van der Waals surface area contributed by atoms with E-state index in [9.17, 15) is 9.59 Å². The molecule has 1 atom stereocenters. The molecular formula is C24H26ClN3O2S2. The van der Waals surface area contributed by atoms with Gasteiger partial charge >= 0.3 is 0 Å². The van der Waals surface area contributed by atoms with Gasteiger partial charge in [-0.2, -0.15) is 11.8 Å². The van der Waals surface area contributed by atoms with Gasteiger partial charge in [0.2, 0.25) is 5.91 Å². The van der Waals surface area contributed by atoms with Crippen LogP contribution in [0.4, 0.5) is 0 Å². The van der Waals surface area contributed by atoms with Crippen LogP contribution in [0, 0.1) is 6.92 Å². The number of thiazole rings is 1. The predicted molar refractivity (Wildman–Crippen MR) is 135 cm³/mol. The maximum absolute atomic E-state index is 12.8. The molecule has 1 aromatic heterocycles. The maximum atomic E-state index is 12.8. The van der Waals surface area contributed by atoms with Crippen LogP contribution in [0.3, 0.4) is 0 Å². The highest BCUT2D eigenvalue weighted by atomic mass is 35.5. The number of rotatable bonds is 10. The first kappa shape index (κ1) is 24.3. The van der Waals surface area contributed by atoms with Gasteiger partial charge in [-0.25, -0.2) is 4.98 Å². The minimum absolute atomic E-state index is 0.201. The molecular weight excluding hydrogens is 462 g/mol. The number of aromatic nitrogens is 1. The molecule has 8 heteroatoms. The Balaban J connectivity index is 1.55. The summed E-state index contributed by atoms with van der Waals surface area (Å²) in [7, 11) is 0. The van der Waals surface area contributed by atoms with Gasteiger partial charge in [0.15, 0.2) is 0 Å². The minimum Gasteiger partial charge on any atom is -0.354 e. The molecule has 0 saturated carbocycles. The molecule has 0 saturated heterocycles. The minimum atomic E-state index is -0.621. The number of carbonyl (C=O) groups excluding carboxylic acids is 2. The lowest BCUT2D eigenvalue weighted by molar-refractivity contribution is -0.122. The van der Waals surface area contributed by atoms with Crippen molar-refractivity contribution in [1.29, 1.82) is 0 Å². The summed E-state index contributed by atoms with van der Waals surface area (Å²) in [6, 6.07) is 14.5. The van der Waals surface area contributed by atoms with Crippen LogP contribution in [-0.2, 0) is 11.2 Å². The summed E-state index contributed by atoms with van der Waals surface area (Å²) in [4.78, 5) is 30.0. The fraction of sp³-hybridized carbons (Fsp3) is 0.292. The van der Waals surface area contributed by atoms with Crippen molar-refractivity contribution in [2.75, 3.05) is 18.6 Å². The van der Waals surface area contributed by atoms with Gasteiger partial charge in [0.25, 0.3) is 5.91 Å². The van der Waals surface area contributed by atoms with Gasteiger partial charge in [0, 0.05) is 23.9 Å². The highest BCUT2D eigenvalue weighted by Gasteiger charge is 2.22. The molecule has 1 heterocycles. The van der Waals surface area contributed by atoms with Crippen molar-refractivity contribution < 1.29 is 9.59 Å². The van der Waals surface area contributed by atoms with Crippen molar-refractivity contribution in [3.05, 3.63) is 75.8 Å². The van der Waals surface area contributed by atoms with Gasteiger partial charge in [-0.3, -0.25) is 9.59 Å². The number of nitrogens with zero attached hydrogens (tertiary/aromatic N) is 1. The number of hydrogen-bond acceptors (Lipinski definition) is 5. The van der Waals surface area contributed by atoms with Gasteiger partial charge in [-0.1, -0.05) is 53.6 Å². The molecule has 32 heavy (non-hydrogen) atoms. The number of amides is 2. The molecule has 0 aliphatic heterocycles. The molecule has 168 valence electrons. The van der Waals surface area contributed by atoms with Crippen molar-refractivity contribution in [1.82, 2.24) is 15.6 Å². The molecule has 0 radical (unpaired) electrons. The van der Waals surface area contributed by atoms with E-state index in [1.54, 1.807) is 47.4 Å². The third-order valence-electron chi connectivity index (χ3n) is 4.88. The largest absolute Gasteiger partial charge is 0.354 e. The van der Waals surface area contributed by atoms with Gasteiger partial charge in [-0.15, -0.1) is 11.3 Å². The van der Waals surface area contributed by atoms with Crippen LogP contribution in [0.15, 0.2) is 53.9 Å². The standard InChI is InChI=1S/C24H26ClN3O2S2/c1-16-7-9-17(10-8-16)24-27-18(15-32-24)11-13-26-23(30)21(12-14-31-2)28-22(29)19-5-3-4-6-20(19)25/h3-10,15,21H,11-14H2,1-2H3,(H,26,30)(H,28,29). The normalized spacial score (nSPS) is 11.7. The van der Waals surface area contributed by atoms with Crippen molar-refractivity contribution in [2.45, 2.75) is 25.8 Å². The maximum Gasteiger partial charge on any atom is 0.253 e. The van der Waals surface area contributed by atoms with E-state index in [2.05, 4.69) is 46.8 Å². The first-order valence-corrected chi connectivity index (χ1v) is 13.0. The van der Waals surface area contributed by atoms with Crippen LogP contribution < -0.4 is 10.6 Å².